The molecule has 0 unspecified atom stereocenters. The van der Waals surface area contributed by atoms with Gasteiger partial charge in [0.15, 0.2) is 0 Å². The molecule has 31 heavy (non-hydrogen) atoms. The second-order valence-electron chi connectivity index (χ2n) is 9.40. The van der Waals surface area contributed by atoms with Crippen LogP contribution < -0.4 is 5.32 Å². The SMILES string of the molecule is CC(C)(C)OC(=O)N1CC(n2cc3ccc(-c4noc(C5CCNCC5)n4)cc3n2)C1. The van der Waals surface area contributed by atoms with Gasteiger partial charge >= 0.3 is 6.09 Å². The maximum atomic E-state index is 12.2. The minimum atomic E-state index is -0.484. The van der Waals surface area contributed by atoms with Crippen molar-refractivity contribution in [3.05, 3.63) is 30.3 Å². The van der Waals surface area contributed by atoms with Gasteiger partial charge in [-0.2, -0.15) is 10.1 Å². The first-order valence-corrected chi connectivity index (χ1v) is 10.9. The number of hydrogen-bond donors (Lipinski definition) is 1. The molecule has 0 radical (unpaired) electrons. The highest BCUT2D eigenvalue weighted by Gasteiger charge is 2.35. The Morgan fingerprint density at radius 1 is 1.23 bits per heavy atom. The van der Waals surface area contributed by atoms with E-state index in [1.54, 1.807) is 4.90 Å². The van der Waals surface area contributed by atoms with E-state index >= 15 is 0 Å². The number of benzene rings is 1. The molecule has 9 heteroatoms. The number of nitrogens with zero attached hydrogens (tertiary/aromatic N) is 5. The van der Waals surface area contributed by atoms with Crippen LogP contribution >= 0.6 is 0 Å². The molecule has 0 aliphatic carbocycles. The summed E-state index contributed by atoms with van der Waals surface area (Å²) in [4.78, 5) is 18.5. The Bertz CT molecular complexity index is 1090. The van der Waals surface area contributed by atoms with Crippen LogP contribution in [0.1, 0.15) is 51.5 Å². The first-order chi connectivity index (χ1) is 14.9. The Morgan fingerprint density at radius 2 is 2.00 bits per heavy atom. The van der Waals surface area contributed by atoms with Gasteiger partial charge in [-0.25, -0.2) is 4.79 Å². The summed E-state index contributed by atoms with van der Waals surface area (Å²) in [5.41, 5.74) is 1.29. The van der Waals surface area contributed by atoms with Crippen molar-refractivity contribution in [3.8, 4) is 11.4 Å². The number of ether oxygens (including phenoxy) is 1. The van der Waals surface area contributed by atoms with Crippen molar-refractivity contribution in [1.29, 1.82) is 0 Å². The second-order valence-corrected chi connectivity index (χ2v) is 9.40. The van der Waals surface area contributed by atoms with Gasteiger partial charge < -0.3 is 19.5 Å². The zero-order valence-electron chi connectivity index (χ0n) is 18.2. The third-order valence-corrected chi connectivity index (χ3v) is 5.80. The van der Waals surface area contributed by atoms with Crippen LogP contribution in [0.3, 0.4) is 0 Å². The summed E-state index contributed by atoms with van der Waals surface area (Å²) in [5, 5.41) is 13.3. The summed E-state index contributed by atoms with van der Waals surface area (Å²) in [7, 11) is 0. The van der Waals surface area contributed by atoms with Crippen molar-refractivity contribution < 1.29 is 14.1 Å². The number of carbonyl (C=O) groups is 1. The highest BCUT2D eigenvalue weighted by Crippen LogP contribution is 2.29. The van der Waals surface area contributed by atoms with Gasteiger partial charge in [-0.3, -0.25) is 4.68 Å². The lowest BCUT2D eigenvalue weighted by atomic mass is 9.98. The van der Waals surface area contributed by atoms with Gasteiger partial charge in [0, 0.05) is 36.2 Å². The Labute approximate surface area is 180 Å². The summed E-state index contributed by atoms with van der Waals surface area (Å²) in [6.07, 6.45) is 3.79. The average molecular weight is 425 g/mol. The van der Waals surface area contributed by atoms with E-state index in [2.05, 4.69) is 15.5 Å². The summed E-state index contributed by atoms with van der Waals surface area (Å²) >= 11 is 0. The minimum Gasteiger partial charge on any atom is -0.444 e. The molecule has 3 aromatic rings. The topological polar surface area (TPSA) is 98.3 Å². The van der Waals surface area contributed by atoms with Crippen molar-refractivity contribution >= 4 is 17.0 Å². The van der Waals surface area contributed by atoms with Crippen LogP contribution in [0.15, 0.2) is 28.9 Å². The van der Waals surface area contributed by atoms with E-state index in [4.69, 9.17) is 14.4 Å². The Balaban J connectivity index is 1.28. The van der Waals surface area contributed by atoms with E-state index in [-0.39, 0.29) is 12.1 Å². The van der Waals surface area contributed by atoms with Gasteiger partial charge in [0.2, 0.25) is 11.7 Å². The van der Waals surface area contributed by atoms with Crippen LogP contribution in [0.25, 0.3) is 22.3 Å². The average Bonchev–Trinajstić information content (AvgIpc) is 3.32. The Morgan fingerprint density at radius 3 is 2.74 bits per heavy atom. The second kappa shape index (κ2) is 7.64. The lowest BCUT2D eigenvalue weighted by Gasteiger charge is -2.39. The smallest absolute Gasteiger partial charge is 0.410 e. The van der Waals surface area contributed by atoms with E-state index in [0.29, 0.717) is 24.8 Å². The van der Waals surface area contributed by atoms with Gasteiger partial charge in [0.05, 0.1) is 11.6 Å². The quantitative estimate of drug-likeness (QED) is 0.688. The number of aromatic nitrogens is 4. The zero-order valence-corrected chi connectivity index (χ0v) is 18.2. The molecule has 9 nitrogen and oxygen atoms in total. The lowest BCUT2D eigenvalue weighted by molar-refractivity contribution is -0.000294. The predicted molar refractivity (Wildman–Crippen MR) is 115 cm³/mol. The fourth-order valence-electron chi connectivity index (χ4n) is 4.05. The van der Waals surface area contributed by atoms with E-state index in [9.17, 15) is 4.79 Å². The highest BCUT2D eigenvalue weighted by atomic mass is 16.6. The zero-order chi connectivity index (χ0) is 21.6. The highest BCUT2D eigenvalue weighted by molar-refractivity contribution is 5.82. The van der Waals surface area contributed by atoms with Crippen molar-refractivity contribution in [1.82, 2.24) is 30.1 Å². The fourth-order valence-corrected chi connectivity index (χ4v) is 4.05. The number of hydrogen-bond acceptors (Lipinski definition) is 7. The maximum Gasteiger partial charge on any atom is 0.410 e. The first kappa shape index (κ1) is 20.0. The van der Waals surface area contributed by atoms with Gasteiger partial charge in [-0.15, -0.1) is 0 Å². The van der Waals surface area contributed by atoms with Crippen molar-refractivity contribution in [2.75, 3.05) is 26.2 Å². The largest absolute Gasteiger partial charge is 0.444 e. The molecule has 1 amide bonds. The van der Waals surface area contributed by atoms with E-state index in [1.165, 1.54) is 0 Å². The molecule has 0 spiro atoms. The molecule has 2 fully saturated rings. The number of piperidine rings is 1. The van der Waals surface area contributed by atoms with Crippen LogP contribution in [0, 0.1) is 0 Å². The molecule has 2 aliphatic rings. The molecule has 0 saturated carbocycles. The van der Waals surface area contributed by atoms with E-state index < -0.39 is 5.60 Å². The molecular formula is C22H28N6O3. The van der Waals surface area contributed by atoms with Crippen LogP contribution in [-0.4, -0.2) is 62.7 Å². The van der Waals surface area contributed by atoms with Gasteiger partial charge in [-0.05, 0) is 52.8 Å². The fraction of sp³-hybridized carbons (Fsp3) is 0.545. The van der Waals surface area contributed by atoms with Gasteiger partial charge in [0.1, 0.15) is 5.60 Å². The first-order valence-electron chi connectivity index (χ1n) is 10.9. The number of fused-ring (bicyclic) bond motifs is 1. The molecule has 5 rings (SSSR count). The van der Waals surface area contributed by atoms with E-state index in [0.717, 1.165) is 48.3 Å². The number of rotatable bonds is 3. The number of likely N-dealkylation sites (tertiary alicyclic amines) is 1. The van der Waals surface area contributed by atoms with Crippen molar-refractivity contribution in [2.24, 2.45) is 0 Å². The summed E-state index contributed by atoms with van der Waals surface area (Å²) in [5.74, 6) is 1.65. The molecule has 1 N–H and O–H groups in total. The molecule has 0 bridgehead atoms. The minimum absolute atomic E-state index is 0.153. The molecule has 4 heterocycles. The number of nitrogens with one attached hydrogen (secondary N) is 1. The molecule has 2 aromatic heterocycles. The van der Waals surface area contributed by atoms with Crippen molar-refractivity contribution in [3.63, 3.8) is 0 Å². The van der Waals surface area contributed by atoms with Crippen LogP contribution in [0.2, 0.25) is 0 Å². The molecule has 2 aliphatic heterocycles. The van der Waals surface area contributed by atoms with Gasteiger partial charge in [-0.1, -0.05) is 17.3 Å². The molecule has 1 aromatic carbocycles. The molecule has 2 saturated heterocycles. The Hall–Kier alpha value is -2.94. The van der Waals surface area contributed by atoms with Crippen molar-refractivity contribution in [2.45, 2.75) is 51.2 Å². The number of carbonyl (C=O) groups excluding carboxylic acids is 1. The number of amides is 1. The predicted octanol–water partition coefficient (Wildman–Crippen LogP) is 3.35. The molecule has 164 valence electrons. The van der Waals surface area contributed by atoms with Crippen LogP contribution in [-0.2, 0) is 4.74 Å². The third-order valence-electron chi connectivity index (χ3n) is 5.80. The summed E-state index contributed by atoms with van der Waals surface area (Å²) in [6, 6.07) is 6.17. The normalized spacial score (nSPS) is 18.4. The summed E-state index contributed by atoms with van der Waals surface area (Å²) < 4.78 is 12.9. The third kappa shape index (κ3) is 4.14. The standard InChI is InChI=1S/C22H28N6O3/c1-22(2,3)30-21(29)27-12-17(13-27)28-11-16-5-4-15(10-18(16)25-28)19-24-20(31-26-19)14-6-8-23-9-7-14/h4-5,10-11,14,17,23H,6-9,12-13H2,1-3H3. The molecule has 0 atom stereocenters. The maximum absolute atomic E-state index is 12.2. The monoisotopic (exact) mass is 424 g/mol. The lowest BCUT2D eigenvalue weighted by Crippen LogP contribution is -2.52. The van der Waals surface area contributed by atoms with Gasteiger partial charge in [0.25, 0.3) is 0 Å². The Kier molecular flexibility index (Phi) is 4.92. The van der Waals surface area contributed by atoms with E-state index in [1.807, 2.05) is 49.8 Å². The van der Waals surface area contributed by atoms with Crippen LogP contribution in [0.5, 0.6) is 0 Å². The summed E-state index contributed by atoms with van der Waals surface area (Å²) in [6.45, 7) is 8.79. The van der Waals surface area contributed by atoms with Crippen LogP contribution in [0.4, 0.5) is 4.79 Å². The molecular weight excluding hydrogens is 396 g/mol.